The van der Waals surface area contributed by atoms with E-state index in [0.29, 0.717) is 16.9 Å². The summed E-state index contributed by atoms with van der Waals surface area (Å²) in [5, 5.41) is 11.6. The van der Waals surface area contributed by atoms with Crippen LogP contribution in [-0.2, 0) is 0 Å². The maximum absolute atomic E-state index is 10.9. The quantitative estimate of drug-likeness (QED) is 0.731. The summed E-state index contributed by atoms with van der Waals surface area (Å²) in [4.78, 5) is 11.5. The van der Waals surface area contributed by atoms with E-state index in [-0.39, 0.29) is 12.1 Å². The normalized spacial score (nSPS) is 27.9. The molecule has 5 nitrogen and oxygen atoms in total. The fourth-order valence-electron chi connectivity index (χ4n) is 4.87. The third-order valence-electron chi connectivity index (χ3n) is 6.21. The van der Waals surface area contributed by atoms with Crippen molar-refractivity contribution in [3.63, 3.8) is 0 Å². The van der Waals surface area contributed by atoms with Crippen LogP contribution in [0.4, 0.5) is 5.82 Å². The molecule has 3 aromatic rings. The minimum Gasteiger partial charge on any atom is -0.391 e. The number of para-hydroxylation sites is 2. The summed E-state index contributed by atoms with van der Waals surface area (Å²) in [7, 11) is 0. The predicted octanol–water partition coefficient (Wildman–Crippen LogP) is 3.84. The first-order valence-corrected chi connectivity index (χ1v) is 9.95. The maximum atomic E-state index is 10.9. The van der Waals surface area contributed by atoms with Crippen molar-refractivity contribution in [1.29, 1.82) is 0 Å². The smallest absolute Gasteiger partial charge is 0.147 e. The number of hydrogen-bond donors (Lipinski definition) is 1. The standard InChI is InChI=1S/C21H23ClN4O/c1-13-6-7-16(22)21(24-13)25-10-14-8-19(20(27)9-15(14)11-25)26-12-23-17-4-2-3-5-18(17)26/h2-7,12,14-15,19-20,27H,8-11H2,1H3/t14-,15+,19-,20-/m1/s1. The van der Waals surface area contributed by atoms with Gasteiger partial charge < -0.3 is 14.6 Å². The molecule has 1 N–H and O–H groups in total. The number of aliphatic hydroxyl groups is 1. The maximum Gasteiger partial charge on any atom is 0.147 e. The Morgan fingerprint density at radius 2 is 1.85 bits per heavy atom. The molecule has 1 saturated carbocycles. The molecule has 140 valence electrons. The fraction of sp³-hybridized carbons (Fsp3) is 0.429. The van der Waals surface area contributed by atoms with Crippen LogP contribution in [0.5, 0.6) is 0 Å². The Morgan fingerprint density at radius 1 is 1.07 bits per heavy atom. The Hall–Kier alpha value is -2.11. The van der Waals surface area contributed by atoms with Gasteiger partial charge in [0.15, 0.2) is 0 Å². The van der Waals surface area contributed by atoms with Crippen LogP contribution in [0.15, 0.2) is 42.7 Å². The molecule has 27 heavy (non-hydrogen) atoms. The Bertz CT molecular complexity index is 987. The van der Waals surface area contributed by atoms with Crippen molar-refractivity contribution < 1.29 is 5.11 Å². The van der Waals surface area contributed by atoms with E-state index in [1.165, 1.54) is 0 Å². The first-order chi connectivity index (χ1) is 13.1. The van der Waals surface area contributed by atoms with Crippen LogP contribution in [0.2, 0.25) is 5.02 Å². The number of halogens is 1. The van der Waals surface area contributed by atoms with Gasteiger partial charge in [-0.05, 0) is 55.9 Å². The van der Waals surface area contributed by atoms with Gasteiger partial charge in [-0.2, -0.15) is 0 Å². The van der Waals surface area contributed by atoms with Crippen molar-refractivity contribution in [1.82, 2.24) is 14.5 Å². The molecule has 2 aliphatic rings. The summed E-state index contributed by atoms with van der Waals surface area (Å²) in [5.74, 6) is 1.88. The number of imidazole rings is 1. The molecule has 5 rings (SSSR count). The SMILES string of the molecule is Cc1ccc(Cl)c(N2C[C@H]3C[C@@H](n4cnc5ccccc54)[C@H](O)C[C@H]3C2)n1. The summed E-state index contributed by atoms with van der Waals surface area (Å²) < 4.78 is 2.16. The first-order valence-electron chi connectivity index (χ1n) is 9.58. The van der Waals surface area contributed by atoms with Crippen molar-refractivity contribution in [2.24, 2.45) is 11.8 Å². The van der Waals surface area contributed by atoms with Gasteiger partial charge >= 0.3 is 0 Å². The zero-order valence-corrected chi connectivity index (χ0v) is 16.0. The molecule has 0 unspecified atom stereocenters. The number of benzene rings is 1. The van der Waals surface area contributed by atoms with Gasteiger partial charge in [0.25, 0.3) is 0 Å². The second kappa shape index (κ2) is 6.50. The molecule has 2 aromatic heterocycles. The molecule has 3 heterocycles. The lowest BCUT2D eigenvalue weighted by atomic mass is 9.77. The van der Waals surface area contributed by atoms with E-state index in [4.69, 9.17) is 11.6 Å². The zero-order chi connectivity index (χ0) is 18.5. The van der Waals surface area contributed by atoms with E-state index in [1.807, 2.05) is 43.6 Å². The highest BCUT2D eigenvalue weighted by Crippen LogP contribution is 2.43. The molecule has 4 atom stereocenters. The molecule has 0 bridgehead atoms. The molecule has 0 amide bonds. The number of anilines is 1. The monoisotopic (exact) mass is 382 g/mol. The van der Waals surface area contributed by atoms with Crippen molar-refractivity contribution in [3.05, 3.63) is 53.4 Å². The number of aromatic nitrogens is 3. The van der Waals surface area contributed by atoms with Gasteiger partial charge in [0.2, 0.25) is 0 Å². The number of fused-ring (bicyclic) bond motifs is 2. The first kappa shape index (κ1) is 17.0. The molecule has 1 saturated heterocycles. The third-order valence-corrected chi connectivity index (χ3v) is 6.51. The minimum absolute atomic E-state index is 0.0690. The van der Waals surface area contributed by atoms with Crippen molar-refractivity contribution in [2.45, 2.75) is 31.9 Å². The molecule has 1 aromatic carbocycles. The van der Waals surface area contributed by atoms with E-state index < -0.39 is 0 Å². The summed E-state index contributed by atoms with van der Waals surface area (Å²) in [5.41, 5.74) is 3.06. The summed E-state index contributed by atoms with van der Waals surface area (Å²) >= 11 is 6.41. The lowest BCUT2D eigenvalue weighted by molar-refractivity contribution is 0.0375. The average molecular weight is 383 g/mol. The Morgan fingerprint density at radius 3 is 2.70 bits per heavy atom. The number of aryl methyl sites for hydroxylation is 1. The molecular weight excluding hydrogens is 360 g/mol. The highest BCUT2D eigenvalue weighted by molar-refractivity contribution is 6.32. The van der Waals surface area contributed by atoms with Gasteiger partial charge in [0.1, 0.15) is 5.82 Å². The van der Waals surface area contributed by atoms with Gasteiger partial charge in [-0.15, -0.1) is 0 Å². The summed E-state index contributed by atoms with van der Waals surface area (Å²) in [6, 6.07) is 12.1. The van der Waals surface area contributed by atoms with E-state index in [9.17, 15) is 5.11 Å². The molecule has 1 aliphatic heterocycles. The zero-order valence-electron chi connectivity index (χ0n) is 15.3. The van der Waals surface area contributed by atoms with Gasteiger partial charge in [-0.3, -0.25) is 0 Å². The molecule has 6 heteroatoms. The number of nitrogens with zero attached hydrogens (tertiary/aromatic N) is 4. The molecule has 1 aliphatic carbocycles. The van der Waals surface area contributed by atoms with Gasteiger partial charge in [0, 0.05) is 18.8 Å². The number of pyridine rings is 1. The lowest BCUT2D eigenvalue weighted by Crippen LogP contribution is -2.36. The average Bonchev–Trinajstić information content (AvgIpc) is 3.26. The molecule has 0 radical (unpaired) electrons. The van der Waals surface area contributed by atoms with E-state index in [2.05, 4.69) is 25.5 Å². The van der Waals surface area contributed by atoms with Crippen LogP contribution in [0, 0.1) is 18.8 Å². The topological polar surface area (TPSA) is 54.2 Å². The second-order valence-corrected chi connectivity index (χ2v) is 8.34. The van der Waals surface area contributed by atoms with Crippen LogP contribution >= 0.6 is 11.6 Å². The fourth-order valence-corrected chi connectivity index (χ4v) is 5.09. The van der Waals surface area contributed by atoms with E-state index in [0.717, 1.165) is 48.5 Å². The second-order valence-electron chi connectivity index (χ2n) is 7.93. The number of hydrogen-bond acceptors (Lipinski definition) is 4. The van der Waals surface area contributed by atoms with Crippen LogP contribution in [0.3, 0.4) is 0 Å². The lowest BCUT2D eigenvalue weighted by Gasteiger charge is -2.36. The molecular formula is C21H23ClN4O. The van der Waals surface area contributed by atoms with Crippen molar-refractivity contribution in [3.8, 4) is 0 Å². The highest BCUT2D eigenvalue weighted by atomic mass is 35.5. The van der Waals surface area contributed by atoms with Crippen molar-refractivity contribution >= 4 is 28.5 Å². The van der Waals surface area contributed by atoms with Crippen LogP contribution in [0.25, 0.3) is 11.0 Å². The molecule has 2 fully saturated rings. The van der Waals surface area contributed by atoms with Crippen LogP contribution < -0.4 is 4.90 Å². The van der Waals surface area contributed by atoms with Crippen molar-refractivity contribution in [2.75, 3.05) is 18.0 Å². The number of aliphatic hydroxyl groups excluding tert-OH is 1. The Labute approximate surface area is 163 Å². The minimum atomic E-state index is -0.357. The van der Waals surface area contributed by atoms with E-state index >= 15 is 0 Å². The third kappa shape index (κ3) is 2.89. The van der Waals surface area contributed by atoms with Gasteiger partial charge in [-0.25, -0.2) is 9.97 Å². The molecule has 0 spiro atoms. The largest absolute Gasteiger partial charge is 0.391 e. The predicted molar refractivity (Wildman–Crippen MR) is 107 cm³/mol. The number of rotatable bonds is 2. The Balaban J connectivity index is 1.41. The Kier molecular flexibility index (Phi) is 4.10. The summed E-state index contributed by atoms with van der Waals surface area (Å²) in [6.07, 6.45) is 3.28. The van der Waals surface area contributed by atoms with Gasteiger partial charge in [0.05, 0.1) is 34.5 Å². The van der Waals surface area contributed by atoms with Crippen LogP contribution in [0.1, 0.15) is 24.6 Å². The van der Waals surface area contributed by atoms with Gasteiger partial charge in [-0.1, -0.05) is 23.7 Å². The summed E-state index contributed by atoms with van der Waals surface area (Å²) in [6.45, 7) is 3.85. The van der Waals surface area contributed by atoms with E-state index in [1.54, 1.807) is 0 Å². The highest BCUT2D eigenvalue weighted by Gasteiger charge is 2.43. The van der Waals surface area contributed by atoms with Crippen LogP contribution in [-0.4, -0.2) is 38.8 Å².